The second kappa shape index (κ2) is 13.1. The van der Waals surface area contributed by atoms with Crippen molar-refractivity contribution < 1.29 is 14.3 Å². The number of carbonyl (C=O) groups is 1. The van der Waals surface area contributed by atoms with Crippen LogP contribution in [-0.4, -0.2) is 48.0 Å². The van der Waals surface area contributed by atoms with E-state index in [2.05, 4.69) is 21.4 Å². The molecule has 41 heavy (non-hydrogen) atoms. The Bertz CT molecular complexity index is 1660. The number of halogens is 1. The number of primary amides is 1. The molecule has 2 heterocycles. The molecule has 9 nitrogen and oxygen atoms in total. The summed E-state index contributed by atoms with van der Waals surface area (Å²) in [5, 5.41) is 14.2. The minimum atomic E-state index is -0.592. The highest BCUT2D eigenvalue weighted by Gasteiger charge is 2.19. The zero-order valence-electron chi connectivity index (χ0n) is 23.4. The fourth-order valence-electron chi connectivity index (χ4n) is 4.18. The molecule has 0 aliphatic heterocycles. The standard InChI is InChI=1S/C31H31ClN6O3/c1-5-40-29-15-27-24(14-23(29)22(31(34)39)10-12-38(3)4)30(20(16-33)17-36-27)37-26-9-8-21(13-25(26)32)41-18-28-19(2)7-6-11-35-28/h6-11,13-15,17H,5,12,18H2,1-4H3,(H2,34,39)(H,36,37). The first kappa shape index (κ1) is 29.3. The lowest BCUT2D eigenvalue weighted by atomic mass is 9.99. The smallest absolute Gasteiger partial charge is 0.249 e. The first-order valence-electron chi connectivity index (χ1n) is 13.0. The van der Waals surface area contributed by atoms with Crippen molar-refractivity contribution in [3.63, 3.8) is 0 Å². The maximum absolute atomic E-state index is 12.5. The van der Waals surface area contributed by atoms with Crippen LogP contribution in [-0.2, 0) is 11.4 Å². The molecule has 4 rings (SSSR count). The molecular formula is C31H31ClN6O3. The molecule has 2 aromatic heterocycles. The fraction of sp³-hybridized carbons (Fsp3) is 0.226. The molecule has 0 aliphatic carbocycles. The van der Waals surface area contributed by atoms with E-state index >= 15 is 0 Å². The first-order valence-corrected chi connectivity index (χ1v) is 13.3. The topological polar surface area (TPSA) is 126 Å². The minimum absolute atomic E-state index is 0.299. The van der Waals surface area contributed by atoms with Gasteiger partial charge in [-0.2, -0.15) is 5.26 Å². The zero-order valence-corrected chi connectivity index (χ0v) is 24.1. The lowest BCUT2D eigenvalue weighted by molar-refractivity contribution is -0.112. The van der Waals surface area contributed by atoms with E-state index in [1.54, 1.807) is 42.6 Å². The number of benzene rings is 2. The molecule has 0 unspecified atom stereocenters. The van der Waals surface area contributed by atoms with Crippen molar-refractivity contribution in [1.82, 2.24) is 14.9 Å². The quantitative estimate of drug-likeness (QED) is 0.223. The molecule has 0 aliphatic rings. The normalized spacial score (nSPS) is 11.4. The number of amides is 1. The van der Waals surface area contributed by atoms with Gasteiger partial charge in [-0.05, 0) is 57.8 Å². The Balaban J connectivity index is 1.75. The van der Waals surface area contributed by atoms with E-state index < -0.39 is 5.91 Å². The largest absolute Gasteiger partial charge is 0.493 e. The van der Waals surface area contributed by atoms with E-state index in [1.807, 2.05) is 45.0 Å². The van der Waals surface area contributed by atoms with Gasteiger partial charge >= 0.3 is 0 Å². The molecule has 0 bridgehead atoms. The number of nitrogens with one attached hydrogen (secondary N) is 1. The van der Waals surface area contributed by atoms with Crippen LogP contribution in [0.1, 0.15) is 29.3 Å². The molecule has 1 amide bonds. The van der Waals surface area contributed by atoms with Crippen molar-refractivity contribution in [1.29, 1.82) is 5.26 Å². The van der Waals surface area contributed by atoms with Gasteiger partial charge in [0.2, 0.25) is 5.91 Å². The number of nitriles is 1. The fourth-order valence-corrected chi connectivity index (χ4v) is 4.40. The number of pyridine rings is 2. The van der Waals surface area contributed by atoms with Gasteiger partial charge in [0, 0.05) is 47.6 Å². The number of ether oxygens (including phenoxy) is 2. The molecule has 10 heteroatoms. The Hall–Kier alpha value is -4.65. The van der Waals surface area contributed by atoms with Crippen molar-refractivity contribution in [2.24, 2.45) is 5.73 Å². The number of rotatable bonds is 11. The van der Waals surface area contributed by atoms with Gasteiger partial charge in [-0.25, -0.2) is 0 Å². The summed E-state index contributed by atoms with van der Waals surface area (Å²) in [6.07, 6.45) is 4.96. The van der Waals surface area contributed by atoms with Gasteiger partial charge in [0.15, 0.2) is 0 Å². The van der Waals surface area contributed by atoms with Gasteiger partial charge < -0.3 is 25.4 Å². The summed E-state index contributed by atoms with van der Waals surface area (Å²) in [6.45, 7) is 5.01. The van der Waals surface area contributed by atoms with Crippen molar-refractivity contribution in [3.8, 4) is 17.6 Å². The average molecular weight is 571 g/mol. The molecule has 3 N–H and O–H groups in total. The maximum Gasteiger partial charge on any atom is 0.249 e. The minimum Gasteiger partial charge on any atom is -0.493 e. The second-order valence-corrected chi connectivity index (χ2v) is 9.93. The summed E-state index contributed by atoms with van der Waals surface area (Å²) in [4.78, 5) is 23.2. The van der Waals surface area contributed by atoms with Crippen molar-refractivity contribution in [2.45, 2.75) is 20.5 Å². The van der Waals surface area contributed by atoms with Crippen LogP contribution in [0.15, 0.2) is 60.9 Å². The number of likely N-dealkylation sites (N-methyl/N-ethyl adjacent to an activating group) is 1. The molecule has 0 radical (unpaired) electrons. The van der Waals surface area contributed by atoms with Crippen LogP contribution >= 0.6 is 11.6 Å². The van der Waals surface area contributed by atoms with Crippen molar-refractivity contribution in [2.75, 3.05) is 32.6 Å². The van der Waals surface area contributed by atoms with Gasteiger partial charge in [-0.3, -0.25) is 14.8 Å². The summed E-state index contributed by atoms with van der Waals surface area (Å²) in [5.74, 6) is 0.451. The molecule has 2 aromatic carbocycles. The van der Waals surface area contributed by atoms with Crippen LogP contribution < -0.4 is 20.5 Å². The predicted octanol–water partition coefficient (Wildman–Crippen LogP) is 5.61. The Kier molecular flexibility index (Phi) is 9.40. The predicted molar refractivity (Wildman–Crippen MR) is 161 cm³/mol. The van der Waals surface area contributed by atoms with E-state index in [0.717, 1.165) is 11.3 Å². The van der Waals surface area contributed by atoms with E-state index in [0.29, 0.717) is 75.3 Å². The molecule has 0 saturated heterocycles. The average Bonchev–Trinajstić information content (AvgIpc) is 2.94. The monoisotopic (exact) mass is 570 g/mol. The van der Waals surface area contributed by atoms with Crippen LogP contribution in [0.3, 0.4) is 0 Å². The molecule has 0 fully saturated rings. The number of aryl methyl sites for hydroxylation is 1. The van der Waals surface area contributed by atoms with Crippen LogP contribution in [0.2, 0.25) is 5.02 Å². The van der Waals surface area contributed by atoms with Gasteiger partial charge in [0.05, 0.1) is 39.8 Å². The summed E-state index contributed by atoms with van der Waals surface area (Å²) in [5.41, 5.74) is 10.4. The second-order valence-electron chi connectivity index (χ2n) is 9.52. The third kappa shape index (κ3) is 6.92. The molecule has 0 saturated carbocycles. The number of aromatic nitrogens is 2. The molecule has 210 valence electrons. The molecule has 0 spiro atoms. The summed E-state index contributed by atoms with van der Waals surface area (Å²) < 4.78 is 11.8. The summed E-state index contributed by atoms with van der Waals surface area (Å²) >= 11 is 6.65. The van der Waals surface area contributed by atoms with Crippen LogP contribution in [0, 0.1) is 18.3 Å². The highest BCUT2D eigenvalue weighted by Crippen LogP contribution is 2.38. The van der Waals surface area contributed by atoms with Gasteiger partial charge in [-0.15, -0.1) is 0 Å². The van der Waals surface area contributed by atoms with E-state index in [-0.39, 0.29) is 0 Å². The van der Waals surface area contributed by atoms with Gasteiger partial charge in [0.1, 0.15) is 24.2 Å². The molecule has 0 atom stereocenters. The number of hydrogen-bond donors (Lipinski definition) is 2. The van der Waals surface area contributed by atoms with E-state index in [1.165, 1.54) is 6.20 Å². The SMILES string of the molecule is CCOc1cc2ncc(C#N)c(Nc3ccc(OCc4ncccc4C)cc3Cl)c2cc1C(=CCN(C)C)C(N)=O. The Morgan fingerprint density at radius 3 is 2.66 bits per heavy atom. The van der Waals surface area contributed by atoms with Crippen LogP contribution in [0.5, 0.6) is 11.5 Å². The number of anilines is 2. The molecule has 4 aromatic rings. The summed E-state index contributed by atoms with van der Waals surface area (Å²) in [6, 6.07) is 14.8. The third-order valence-corrected chi connectivity index (χ3v) is 6.61. The van der Waals surface area contributed by atoms with Gasteiger partial charge in [-0.1, -0.05) is 23.7 Å². The van der Waals surface area contributed by atoms with Crippen LogP contribution in [0.4, 0.5) is 11.4 Å². The third-order valence-electron chi connectivity index (χ3n) is 6.30. The number of nitrogens with two attached hydrogens (primary N) is 1. The Labute approximate surface area is 244 Å². The van der Waals surface area contributed by atoms with Gasteiger partial charge in [0.25, 0.3) is 0 Å². The lowest BCUT2D eigenvalue weighted by Gasteiger charge is -2.17. The molecular weight excluding hydrogens is 540 g/mol. The number of hydrogen-bond acceptors (Lipinski definition) is 8. The number of carbonyl (C=O) groups excluding carboxylic acids is 1. The highest BCUT2D eigenvalue weighted by molar-refractivity contribution is 6.33. The van der Waals surface area contributed by atoms with Crippen molar-refractivity contribution in [3.05, 3.63) is 88.3 Å². The lowest BCUT2D eigenvalue weighted by Crippen LogP contribution is -2.17. The highest BCUT2D eigenvalue weighted by atomic mass is 35.5. The van der Waals surface area contributed by atoms with Crippen molar-refractivity contribution >= 4 is 45.4 Å². The first-order chi connectivity index (χ1) is 19.7. The Morgan fingerprint density at radius 2 is 2.00 bits per heavy atom. The maximum atomic E-state index is 12.5. The summed E-state index contributed by atoms with van der Waals surface area (Å²) in [7, 11) is 3.79. The number of fused-ring (bicyclic) bond motifs is 1. The van der Waals surface area contributed by atoms with E-state index in [9.17, 15) is 10.1 Å². The van der Waals surface area contributed by atoms with Crippen LogP contribution in [0.25, 0.3) is 16.5 Å². The number of nitrogens with zero attached hydrogens (tertiary/aromatic N) is 4. The van der Waals surface area contributed by atoms with E-state index in [4.69, 9.17) is 26.8 Å². The zero-order chi connectivity index (χ0) is 29.5. The Morgan fingerprint density at radius 1 is 1.20 bits per heavy atom.